The maximum Gasteiger partial charge on any atom is 0.307 e. The van der Waals surface area contributed by atoms with Gasteiger partial charge in [0.2, 0.25) is 0 Å². The van der Waals surface area contributed by atoms with Gasteiger partial charge in [-0.1, -0.05) is 18.2 Å². The fourth-order valence-corrected chi connectivity index (χ4v) is 3.63. The fraction of sp³-hybridized carbons (Fsp3) is 0.300. The van der Waals surface area contributed by atoms with Crippen LogP contribution in [0.2, 0.25) is 0 Å². The maximum atomic E-state index is 11.1. The van der Waals surface area contributed by atoms with Gasteiger partial charge in [-0.15, -0.1) is 0 Å². The number of nitrogens with zero attached hydrogens (tertiary/aromatic N) is 3. The zero-order chi connectivity index (χ0) is 17.2. The van der Waals surface area contributed by atoms with Crippen molar-refractivity contribution in [1.82, 2.24) is 9.61 Å². The number of anilines is 1. The molecular formula is C20H21N3O2. The van der Waals surface area contributed by atoms with Gasteiger partial charge < -0.3 is 10.0 Å². The molecule has 128 valence electrons. The number of hydrogen-bond donors (Lipinski definition) is 1. The van der Waals surface area contributed by atoms with Gasteiger partial charge in [-0.2, -0.15) is 5.10 Å². The van der Waals surface area contributed by atoms with Crippen LogP contribution in [-0.4, -0.2) is 33.8 Å². The predicted octanol–water partition coefficient (Wildman–Crippen LogP) is 3.62. The quantitative estimate of drug-likeness (QED) is 0.791. The third-order valence-corrected chi connectivity index (χ3v) is 4.85. The van der Waals surface area contributed by atoms with Crippen molar-refractivity contribution in [3.8, 4) is 11.1 Å². The van der Waals surface area contributed by atoms with E-state index in [0.29, 0.717) is 0 Å². The topological polar surface area (TPSA) is 57.8 Å². The lowest BCUT2D eigenvalue weighted by atomic mass is 10.0. The molecule has 5 heteroatoms. The van der Waals surface area contributed by atoms with Crippen molar-refractivity contribution in [1.29, 1.82) is 0 Å². The van der Waals surface area contributed by atoms with Gasteiger partial charge in [-0.05, 0) is 43.0 Å². The lowest BCUT2D eigenvalue weighted by Gasteiger charge is -2.30. The van der Waals surface area contributed by atoms with Crippen LogP contribution in [0.5, 0.6) is 0 Å². The smallest absolute Gasteiger partial charge is 0.307 e. The van der Waals surface area contributed by atoms with E-state index in [2.05, 4.69) is 34.3 Å². The van der Waals surface area contributed by atoms with E-state index in [0.717, 1.165) is 29.7 Å². The SMILES string of the molecule is O=C(O)Cc1cnn2ccc(-c3ccccc3N3CCCCC3)cc12. The van der Waals surface area contributed by atoms with Crippen molar-refractivity contribution in [3.63, 3.8) is 0 Å². The standard InChI is InChI=1S/C20H21N3O2/c24-20(25)13-16-14-21-23-11-8-15(12-19(16)23)17-6-2-3-7-18(17)22-9-4-1-5-10-22/h2-3,6-8,11-12,14H,1,4-5,9-10,13H2,(H,24,25). The van der Waals surface area contributed by atoms with Crippen molar-refractivity contribution in [2.75, 3.05) is 18.0 Å². The number of carbonyl (C=O) groups is 1. The second-order valence-corrected chi connectivity index (χ2v) is 6.55. The third-order valence-electron chi connectivity index (χ3n) is 4.85. The molecule has 1 aliphatic rings. The molecule has 0 amide bonds. The lowest BCUT2D eigenvalue weighted by Crippen LogP contribution is -2.29. The molecule has 4 rings (SSSR count). The van der Waals surface area contributed by atoms with Gasteiger partial charge in [0.15, 0.2) is 0 Å². The van der Waals surface area contributed by atoms with E-state index in [1.807, 2.05) is 18.3 Å². The Balaban J connectivity index is 1.78. The number of carboxylic acid groups (broad SMARTS) is 1. The first-order valence-electron chi connectivity index (χ1n) is 8.75. The molecule has 1 saturated heterocycles. The summed E-state index contributed by atoms with van der Waals surface area (Å²) in [5, 5.41) is 13.4. The van der Waals surface area contributed by atoms with Crippen LogP contribution in [0.1, 0.15) is 24.8 Å². The molecule has 0 saturated carbocycles. The van der Waals surface area contributed by atoms with Crippen LogP contribution in [0.15, 0.2) is 48.8 Å². The zero-order valence-corrected chi connectivity index (χ0v) is 14.1. The van der Waals surface area contributed by atoms with Gasteiger partial charge in [0.25, 0.3) is 0 Å². The Kier molecular flexibility index (Phi) is 4.14. The third kappa shape index (κ3) is 3.09. The zero-order valence-electron chi connectivity index (χ0n) is 14.1. The highest BCUT2D eigenvalue weighted by Gasteiger charge is 2.16. The molecule has 3 aromatic rings. The molecule has 0 aliphatic carbocycles. The van der Waals surface area contributed by atoms with Gasteiger partial charge in [-0.3, -0.25) is 4.79 Å². The Morgan fingerprint density at radius 2 is 1.92 bits per heavy atom. The number of fused-ring (bicyclic) bond motifs is 1. The van der Waals surface area contributed by atoms with Gasteiger partial charge in [0.1, 0.15) is 0 Å². The number of para-hydroxylation sites is 1. The molecule has 2 aromatic heterocycles. The van der Waals surface area contributed by atoms with E-state index in [-0.39, 0.29) is 6.42 Å². The first-order chi connectivity index (χ1) is 12.2. The van der Waals surface area contributed by atoms with Crippen LogP contribution in [0.4, 0.5) is 5.69 Å². The maximum absolute atomic E-state index is 11.1. The molecule has 1 N–H and O–H groups in total. The summed E-state index contributed by atoms with van der Waals surface area (Å²) in [7, 11) is 0. The predicted molar refractivity (Wildman–Crippen MR) is 98.0 cm³/mol. The first-order valence-corrected chi connectivity index (χ1v) is 8.75. The molecule has 25 heavy (non-hydrogen) atoms. The van der Waals surface area contributed by atoms with Crippen molar-refractivity contribution in [2.24, 2.45) is 0 Å². The molecular weight excluding hydrogens is 314 g/mol. The number of aromatic nitrogens is 2. The summed E-state index contributed by atoms with van der Waals surface area (Å²) >= 11 is 0. The molecule has 1 aliphatic heterocycles. The minimum atomic E-state index is -0.839. The number of benzene rings is 1. The van der Waals surface area contributed by atoms with E-state index < -0.39 is 5.97 Å². The average Bonchev–Trinajstić information content (AvgIpc) is 3.04. The summed E-state index contributed by atoms with van der Waals surface area (Å²) in [5.41, 5.74) is 5.14. The Morgan fingerprint density at radius 1 is 1.12 bits per heavy atom. The van der Waals surface area contributed by atoms with Crippen LogP contribution >= 0.6 is 0 Å². The summed E-state index contributed by atoms with van der Waals surface area (Å²) in [6.45, 7) is 2.19. The number of carboxylic acids is 1. The van der Waals surface area contributed by atoms with E-state index in [9.17, 15) is 4.79 Å². The highest BCUT2D eigenvalue weighted by atomic mass is 16.4. The summed E-state index contributed by atoms with van der Waals surface area (Å²) in [4.78, 5) is 13.5. The Bertz CT molecular complexity index is 910. The average molecular weight is 335 g/mol. The minimum absolute atomic E-state index is 0.0132. The summed E-state index contributed by atoms with van der Waals surface area (Å²) < 4.78 is 1.74. The Labute approximate surface area is 146 Å². The first kappa shape index (κ1) is 15.7. The number of rotatable bonds is 4. The number of pyridine rings is 1. The summed E-state index contributed by atoms with van der Waals surface area (Å²) in [6.07, 6.45) is 7.31. The Hall–Kier alpha value is -2.82. The number of aliphatic carboxylic acids is 1. The molecule has 1 aromatic carbocycles. The molecule has 3 heterocycles. The molecule has 0 radical (unpaired) electrons. The molecule has 1 fully saturated rings. The Morgan fingerprint density at radius 3 is 2.72 bits per heavy atom. The van der Waals surface area contributed by atoms with Crippen molar-refractivity contribution < 1.29 is 9.90 Å². The molecule has 0 spiro atoms. The minimum Gasteiger partial charge on any atom is -0.481 e. The van der Waals surface area contributed by atoms with Crippen LogP contribution < -0.4 is 4.90 Å². The lowest BCUT2D eigenvalue weighted by molar-refractivity contribution is -0.136. The largest absolute Gasteiger partial charge is 0.481 e. The molecule has 0 unspecified atom stereocenters. The van der Waals surface area contributed by atoms with Gasteiger partial charge in [0, 0.05) is 36.1 Å². The summed E-state index contributed by atoms with van der Waals surface area (Å²) in [6, 6.07) is 12.6. The normalized spacial score (nSPS) is 14.8. The second kappa shape index (κ2) is 6.59. The van der Waals surface area contributed by atoms with E-state index >= 15 is 0 Å². The van der Waals surface area contributed by atoms with Crippen molar-refractivity contribution in [3.05, 3.63) is 54.4 Å². The van der Waals surface area contributed by atoms with Crippen LogP contribution in [-0.2, 0) is 11.2 Å². The van der Waals surface area contributed by atoms with Crippen molar-refractivity contribution >= 4 is 17.2 Å². The molecule has 0 bridgehead atoms. The van der Waals surface area contributed by atoms with Crippen LogP contribution in [0.25, 0.3) is 16.6 Å². The van der Waals surface area contributed by atoms with Crippen LogP contribution in [0.3, 0.4) is 0 Å². The second-order valence-electron chi connectivity index (χ2n) is 6.55. The van der Waals surface area contributed by atoms with Gasteiger partial charge in [-0.25, -0.2) is 4.52 Å². The highest BCUT2D eigenvalue weighted by molar-refractivity contribution is 5.82. The monoisotopic (exact) mass is 335 g/mol. The summed E-state index contributed by atoms with van der Waals surface area (Å²) in [5.74, 6) is -0.839. The highest BCUT2D eigenvalue weighted by Crippen LogP contribution is 2.33. The van der Waals surface area contributed by atoms with E-state index in [1.54, 1.807) is 10.7 Å². The van der Waals surface area contributed by atoms with E-state index in [1.165, 1.54) is 30.5 Å². The molecule has 5 nitrogen and oxygen atoms in total. The van der Waals surface area contributed by atoms with E-state index in [4.69, 9.17) is 5.11 Å². The van der Waals surface area contributed by atoms with Gasteiger partial charge >= 0.3 is 5.97 Å². The number of hydrogen-bond acceptors (Lipinski definition) is 3. The van der Waals surface area contributed by atoms with Crippen LogP contribution in [0, 0.1) is 0 Å². The molecule has 0 atom stereocenters. The van der Waals surface area contributed by atoms with Gasteiger partial charge in [0.05, 0.1) is 18.1 Å². The van der Waals surface area contributed by atoms with Crippen molar-refractivity contribution in [2.45, 2.75) is 25.7 Å². The number of piperidine rings is 1. The fourth-order valence-electron chi connectivity index (χ4n) is 3.63.